The fourth-order valence-electron chi connectivity index (χ4n) is 6.49. The van der Waals surface area contributed by atoms with Gasteiger partial charge >= 0.3 is 11.9 Å². The number of quaternary nitrogens is 2. The molecule has 0 spiro atoms. The van der Waals surface area contributed by atoms with Crippen LogP contribution in [0.15, 0.2) is 0 Å². The van der Waals surface area contributed by atoms with E-state index >= 15 is 0 Å². The largest absolute Gasteiger partial charge is 1.00 e. The molecule has 12 nitrogen and oxygen atoms in total. The van der Waals surface area contributed by atoms with Crippen molar-refractivity contribution in [1.29, 1.82) is 0 Å². The van der Waals surface area contributed by atoms with Gasteiger partial charge in [0.1, 0.15) is 26.3 Å². The van der Waals surface area contributed by atoms with Crippen LogP contribution in [0, 0.1) is 0 Å². The van der Waals surface area contributed by atoms with Crippen molar-refractivity contribution in [3.8, 4) is 0 Å². The fraction of sp³-hybridized carbons (Fsp3) is 0.913. The summed E-state index contributed by atoms with van der Waals surface area (Å²) in [7, 11) is 12.5. The highest BCUT2D eigenvalue weighted by atomic mass is 127. The smallest absolute Gasteiger partial charge is 0.320 e. The maximum absolute atomic E-state index is 12.2. The predicted molar refractivity (Wildman–Crippen MR) is 240 cm³/mol. The van der Waals surface area contributed by atoms with Crippen LogP contribution in [-0.4, -0.2) is 141 Å². The summed E-state index contributed by atoms with van der Waals surface area (Å²) < 4.78 is 12.1. The van der Waals surface area contributed by atoms with E-state index in [1.54, 1.807) is 0 Å². The zero-order chi connectivity index (χ0) is 43.0. The summed E-state index contributed by atoms with van der Waals surface area (Å²) in [5, 5.41) is 12.5. The lowest BCUT2D eigenvalue weighted by Crippen LogP contribution is -3.00. The molecule has 0 aliphatic carbocycles. The molecule has 0 saturated carbocycles. The zero-order valence-corrected chi connectivity index (χ0v) is 43.9. The quantitative estimate of drug-likeness (QED) is 0.0309. The van der Waals surface area contributed by atoms with Crippen molar-refractivity contribution in [2.75, 3.05) is 108 Å². The first-order valence-corrected chi connectivity index (χ1v) is 23.7. The van der Waals surface area contributed by atoms with Gasteiger partial charge in [-0.15, -0.1) is 0 Å². The number of nitrogens with zero attached hydrogens (tertiary/aromatic N) is 2. The molecule has 0 aromatic heterocycles. The van der Waals surface area contributed by atoms with Crippen LogP contribution in [0.3, 0.4) is 0 Å². The highest BCUT2D eigenvalue weighted by Gasteiger charge is 2.10. The van der Waals surface area contributed by atoms with E-state index in [4.69, 9.17) is 9.47 Å². The summed E-state index contributed by atoms with van der Waals surface area (Å²) in [4.78, 5) is 47.8. The molecule has 0 heterocycles. The van der Waals surface area contributed by atoms with Crippen LogP contribution in [0.25, 0.3) is 0 Å². The Balaban J connectivity index is -0.0000162. The van der Waals surface area contributed by atoms with E-state index in [0.717, 1.165) is 99.6 Å². The van der Waals surface area contributed by atoms with E-state index in [1.807, 2.05) is 0 Å². The van der Waals surface area contributed by atoms with Crippen LogP contribution in [0.4, 0.5) is 0 Å². The van der Waals surface area contributed by atoms with Crippen LogP contribution in [-0.2, 0) is 28.7 Å². The van der Waals surface area contributed by atoms with Gasteiger partial charge in [-0.05, 0) is 51.6 Å². The molecule has 2 amide bonds. The highest BCUT2D eigenvalue weighted by Crippen LogP contribution is 2.12. The third kappa shape index (κ3) is 53.3. The molecular weight excluding hydrogens is 986 g/mol. The van der Waals surface area contributed by atoms with Crippen molar-refractivity contribution in [2.45, 2.75) is 167 Å². The van der Waals surface area contributed by atoms with Gasteiger partial charge in [-0.25, -0.2) is 0 Å². The number of carbonyl (C=O) groups excluding carboxylic acids is 4. The molecule has 4 N–H and O–H groups in total. The molecule has 14 heteroatoms. The van der Waals surface area contributed by atoms with Gasteiger partial charge in [0.15, 0.2) is 0 Å². The average molecular weight is 1080 g/mol. The van der Waals surface area contributed by atoms with Gasteiger partial charge in [0.05, 0.1) is 55.4 Å². The van der Waals surface area contributed by atoms with E-state index < -0.39 is 0 Å². The molecule has 0 aliphatic rings. The molecule has 0 radical (unpaired) electrons. The topological polar surface area (TPSA) is 135 Å². The highest BCUT2D eigenvalue weighted by molar-refractivity contribution is 5.76. The Kier molecular flexibility index (Phi) is 47.4. The first kappa shape index (κ1) is 63.5. The Morgan fingerprint density at radius 2 is 0.617 bits per heavy atom. The Morgan fingerprint density at radius 1 is 0.367 bits per heavy atom. The van der Waals surface area contributed by atoms with Crippen molar-refractivity contribution in [2.24, 2.45) is 0 Å². The summed E-state index contributed by atoms with van der Waals surface area (Å²) in [6, 6.07) is 0. The van der Waals surface area contributed by atoms with Crippen molar-refractivity contribution in [3.05, 3.63) is 0 Å². The number of hydrogen-bond acceptors (Lipinski definition) is 8. The Labute approximate surface area is 402 Å². The lowest BCUT2D eigenvalue weighted by Gasteiger charge is -2.23. The number of rotatable bonds is 43. The van der Waals surface area contributed by atoms with E-state index in [0.29, 0.717) is 39.1 Å². The number of esters is 2. The summed E-state index contributed by atoms with van der Waals surface area (Å²) >= 11 is 0. The van der Waals surface area contributed by atoms with Crippen LogP contribution in [0.5, 0.6) is 0 Å². The number of hydrogen-bond donors (Lipinski definition) is 4. The average Bonchev–Trinajstić information content (AvgIpc) is 3.15. The van der Waals surface area contributed by atoms with E-state index in [-0.39, 0.29) is 71.7 Å². The Bertz CT molecular complexity index is 935. The minimum atomic E-state index is -0.162. The van der Waals surface area contributed by atoms with Gasteiger partial charge in [0.2, 0.25) is 11.8 Å². The second-order valence-electron chi connectivity index (χ2n) is 18.5. The summed E-state index contributed by atoms with van der Waals surface area (Å²) in [5.74, 6) is -0.00528. The number of likely N-dealkylation sites (N-methyl/N-ethyl adjacent to an activating group) is 2. The molecule has 0 aliphatic heterocycles. The molecule has 60 heavy (non-hydrogen) atoms. The standard InChI is InChI=1S/C46H92N6O6.2HI/c1-51(2,3)37-39-57-45(55)41-47-33-27-21-15-11-7-9-13-17-23-29-35-49-43(53)31-25-19-20-26-32-44(54)50-36-30-24-18-14-10-8-12-16-22-28-34-48-42-46(56)58-40-38-52(4,5)6;;/h47-48H,7-42H2,1-6H3;2*1H. The van der Waals surface area contributed by atoms with Gasteiger partial charge in [0.25, 0.3) is 0 Å². The summed E-state index contributed by atoms with van der Waals surface area (Å²) in [5.41, 5.74) is 0. The predicted octanol–water partition coefficient (Wildman–Crippen LogP) is 1.05. The Morgan fingerprint density at radius 3 is 0.900 bits per heavy atom. The van der Waals surface area contributed by atoms with Crippen LogP contribution in [0.1, 0.15) is 167 Å². The second kappa shape index (κ2) is 44.8. The molecule has 0 fully saturated rings. The maximum atomic E-state index is 12.2. The number of nitrogens with one attached hydrogen (secondary N) is 4. The third-order valence-corrected chi connectivity index (χ3v) is 10.4. The first-order chi connectivity index (χ1) is 27.8. The number of ether oxygens (including phenoxy) is 2. The lowest BCUT2D eigenvalue weighted by atomic mass is 10.1. The van der Waals surface area contributed by atoms with Crippen molar-refractivity contribution in [3.63, 3.8) is 0 Å². The molecule has 0 unspecified atom stereocenters. The van der Waals surface area contributed by atoms with Crippen molar-refractivity contribution >= 4 is 23.8 Å². The van der Waals surface area contributed by atoms with Gasteiger partial charge in [-0.1, -0.05) is 116 Å². The van der Waals surface area contributed by atoms with Gasteiger partial charge in [0, 0.05) is 25.9 Å². The Hall–Kier alpha value is -0.820. The van der Waals surface area contributed by atoms with Crippen molar-refractivity contribution in [1.82, 2.24) is 21.3 Å². The molecular formula is C46H94I2N6O6. The van der Waals surface area contributed by atoms with Gasteiger partial charge in [-0.3, -0.25) is 19.2 Å². The SMILES string of the molecule is C[N+](C)(C)CCOC(=O)CNCCCCCCCCCCCCNC(=O)CCCCCCC(=O)NCCCCCCCCCCCCNCC(=O)OCC[N+](C)(C)C.[I-].[I-]. The van der Waals surface area contributed by atoms with E-state index in [2.05, 4.69) is 63.6 Å². The molecule has 358 valence electrons. The molecule has 0 bridgehead atoms. The summed E-state index contributed by atoms with van der Waals surface area (Å²) in [6.07, 6.45) is 29.2. The normalized spacial score (nSPS) is 11.4. The second-order valence-corrected chi connectivity index (χ2v) is 18.5. The monoisotopic (exact) mass is 1080 g/mol. The van der Waals surface area contributed by atoms with Gasteiger partial charge in [-0.2, -0.15) is 0 Å². The number of unbranched alkanes of at least 4 members (excludes halogenated alkanes) is 21. The molecule has 0 aromatic carbocycles. The van der Waals surface area contributed by atoms with Crippen molar-refractivity contribution < 1.29 is 85.6 Å². The fourth-order valence-corrected chi connectivity index (χ4v) is 6.49. The van der Waals surface area contributed by atoms with Crippen LogP contribution < -0.4 is 69.2 Å². The molecule has 0 aromatic rings. The van der Waals surface area contributed by atoms with Crippen LogP contribution >= 0.6 is 0 Å². The van der Waals surface area contributed by atoms with Crippen LogP contribution in [0.2, 0.25) is 0 Å². The zero-order valence-electron chi connectivity index (χ0n) is 39.6. The van der Waals surface area contributed by atoms with E-state index in [1.165, 1.54) is 103 Å². The number of carbonyl (C=O) groups is 4. The minimum absolute atomic E-state index is 0. The first-order valence-electron chi connectivity index (χ1n) is 23.7. The molecule has 0 rings (SSSR count). The summed E-state index contributed by atoms with van der Waals surface area (Å²) in [6.45, 7) is 6.49. The number of halogens is 2. The minimum Gasteiger partial charge on any atom is -1.00 e. The third-order valence-electron chi connectivity index (χ3n) is 10.4. The maximum Gasteiger partial charge on any atom is 0.320 e. The molecule has 0 saturated heterocycles. The lowest BCUT2D eigenvalue weighted by molar-refractivity contribution is -0.870. The van der Waals surface area contributed by atoms with E-state index in [9.17, 15) is 19.2 Å². The molecule has 0 atom stereocenters. The van der Waals surface area contributed by atoms with Gasteiger partial charge < -0.3 is 87.7 Å². The number of amides is 2.